The van der Waals surface area contributed by atoms with Crippen molar-refractivity contribution < 1.29 is 9.30 Å². The zero-order valence-corrected chi connectivity index (χ0v) is 16.2. The molecule has 0 aliphatic heterocycles. The molecule has 0 atom stereocenters. The molecule has 3 nitrogen and oxygen atoms in total. The quantitative estimate of drug-likeness (QED) is 0.363. The number of pyridine rings is 1. The van der Waals surface area contributed by atoms with Gasteiger partial charge in [-0.1, -0.05) is 54.6 Å². The maximum atomic E-state index is 5.81. The fourth-order valence-electron chi connectivity index (χ4n) is 3.89. The predicted molar refractivity (Wildman–Crippen MR) is 117 cm³/mol. The van der Waals surface area contributed by atoms with Crippen LogP contribution in [0, 0.1) is 0 Å². The Kier molecular flexibility index (Phi) is 4.71. The highest BCUT2D eigenvalue weighted by Crippen LogP contribution is 2.28. The number of ether oxygens (including phenoxy) is 1. The van der Waals surface area contributed by atoms with Gasteiger partial charge < -0.3 is 9.30 Å². The number of fused-ring (bicyclic) bond motifs is 3. The molecule has 0 spiro atoms. The fraction of sp³-hybridized carbons (Fsp3) is 0.115. The van der Waals surface area contributed by atoms with E-state index in [9.17, 15) is 0 Å². The van der Waals surface area contributed by atoms with Crippen LogP contribution >= 0.6 is 0 Å². The molecule has 0 N–H and O–H groups in total. The van der Waals surface area contributed by atoms with Crippen LogP contribution in [0.1, 0.15) is 5.56 Å². The van der Waals surface area contributed by atoms with Crippen LogP contribution in [0.15, 0.2) is 103 Å². The molecule has 3 heteroatoms. The molecule has 142 valence electrons. The summed E-state index contributed by atoms with van der Waals surface area (Å²) < 4.78 is 10.3. The lowest BCUT2D eigenvalue weighted by Gasteiger charge is -2.08. The van der Waals surface area contributed by atoms with Crippen molar-refractivity contribution >= 4 is 21.8 Å². The highest BCUT2D eigenvalue weighted by Gasteiger charge is 2.10. The number of hydrogen-bond donors (Lipinski definition) is 0. The molecule has 0 aliphatic carbocycles. The van der Waals surface area contributed by atoms with Gasteiger partial charge in [0.05, 0.1) is 0 Å². The summed E-state index contributed by atoms with van der Waals surface area (Å²) in [5.74, 6) is 0.885. The third-order valence-corrected chi connectivity index (χ3v) is 5.39. The van der Waals surface area contributed by atoms with Crippen LogP contribution < -0.4 is 9.30 Å². The van der Waals surface area contributed by atoms with Crippen molar-refractivity contribution in [3.8, 4) is 5.75 Å². The zero-order chi connectivity index (χ0) is 19.5. The Bertz CT molecular complexity index is 1190. The minimum absolute atomic E-state index is 0.511. The summed E-state index contributed by atoms with van der Waals surface area (Å²) in [7, 11) is 0. The first kappa shape index (κ1) is 17.5. The predicted octanol–water partition coefficient (Wildman–Crippen LogP) is 5.36. The molecule has 0 fully saturated rings. The molecule has 29 heavy (non-hydrogen) atoms. The molecule has 0 aliphatic rings. The van der Waals surface area contributed by atoms with E-state index in [4.69, 9.17) is 4.74 Å². The summed E-state index contributed by atoms with van der Waals surface area (Å²) in [6.45, 7) is 1.47. The van der Waals surface area contributed by atoms with Crippen molar-refractivity contribution in [3.05, 3.63) is 109 Å². The first-order valence-electron chi connectivity index (χ1n) is 10.0. The molecule has 0 saturated heterocycles. The Hall–Kier alpha value is -3.59. The van der Waals surface area contributed by atoms with Gasteiger partial charge >= 0.3 is 0 Å². The summed E-state index contributed by atoms with van der Waals surface area (Å²) in [6, 6.07) is 31.6. The minimum Gasteiger partial charge on any atom is -0.436 e. The maximum absolute atomic E-state index is 5.81. The maximum Gasteiger partial charge on any atom is 0.292 e. The largest absolute Gasteiger partial charge is 0.436 e. The van der Waals surface area contributed by atoms with E-state index in [1.165, 1.54) is 27.4 Å². The Balaban J connectivity index is 1.31. The van der Waals surface area contributed by atoms with Gasteiger partial charge in [0.15, 0.2) is 12.4 Å². The van der Waals surface area contributed by atoms with E-state index in [0.717, 1.165) is 18.7 Å². The van der Waals surface area contributed by atoms with Gasteiger partial charge in [0.1, 0.15) is 5.75 Å². The number of para-hydroxylation sites is 3. The topological polar surface area (TPSA) is 18.0 Å². The van der Waals surface area contributed by atoms with Crippen molar-refractivity contribution in [2.45, 2.75) is 19.7 Å². The van der Waals surface area contributed by atoms with Crippen molar-refractivity contribution in [1.82, 2.24) is 4.57 Å². The first-order chi connectivity index (χ1) is 14.4. The van der Waals surface area contributed by atoms with E-state index in [1.807, 2.05) is 30.3 Å². The van der Waals surface area contributed by atoms with E-state index in [1.54, 1.807) is 0 Å². The smallest absolute Gasteiger partial charge is 0.292 e. The van der Waals surface area contributed by atoms with E-state index in [2.05, 4.69) is 82.2 Å². The second-order valence-corrected chi connectivity index (χ2v) is 7.24. The van der Waals surface area contributed by atoms with Crippen molar-refractivity contribution in [2.24, 2.45) is 0 Å². The number of aryl methyl sites for hydroxylation is 2. The highest BCUT2D eigenvalue weighted by molar-refractivity contribution is 6.07. The molecule has 0 bridgehead atoms. The van der Waals surface area contributed by atoms with Gasteiger partial charge in [-0.15, -0.1) is 0 Å². The number of benzene rings is 3. The Morgan fingerprint density at radius 2 is 1.24 bits per heavy atom. The first-order valence-corrected chi connectivity index (χ1v) is 10.0. The number of rotatable bonds is 6. The average molecular weight is 379 g/mol. The Morgan fingerprint density at radius 3 is 1.90 bits per heavy atom. The Labute approximate surface area is 170 Å². The van der Waals surface area contributed by atoms with Crippen LogP contribution in [-0.2, 0) is 19.7 Å². The van der Waals surface area contributed by atoms with Crippen LogP contribution in [-0.4, -0.2) is 4.57 Å². The molecule has 2 heterocycles. The normalized spacial score (nSPS) is 11.2. The molecular weight excluding hydrogens is 356 g/mol. The minimum atomic E-state index is 0.511. The molecule has 0 unspecified atom stereocenters. The van der Waals surface area contributed by atoms with E-state index in [0.29, 0.717) is 6.73 Å². The van der Waals surface area contributed by atoms with Gasteiger partial charge in [-0.3, -0.25) is 0 Å². The Morgan fingerprint density at radius 1 is 0.655 bits per heavy atom. The average Bonchev–Trinajstić information content (AvgIpc) is 3.11. The van der Waals surface area contributed by atoms with Crippen LogP contribution in [0.5, 0.6) is 5.75 Å². The van der Waals surface area contributed by atoms with Crippen LogP contribution in [0.2, 0.25) is 0 Å². The lowest BCUT2D eigenvalue weighted by atomic mass is 10.2. The number of hydrogen-bond acceptors (Lipinski definition) is 1. The number of aromatic nitrogens is 2. The summed E-state index contributed by atoms with van der Waals surface area (Å²) in [5, 5.41) is 2.65. The second-order valence-electron chi connectivity index (χ2n) is 7.24. The SMILES string of the molecule is c1ccc(OC[n+]2ccc(CCn3c4ccccc4c4ccccc43)cc2)cc1. The standard InChI is InChI=1S/C26H23N2O/c1-2-8-22(9-3-1)29-20-27-17-14-21(15-18-27)16-19-28-25-12-6-4-10-23(25)24-11-5-7-13-26(24)28/h1-15,17-18H,16,19-20H2/q+1. The van der Waals surface area contributed by atoms with Gasteiger partial charge in [0.25, 0.3) is 6.73 Å². The van der Waals surface area contributed by atoms with Gasteiger partial charge in [-0.05, 0) is 36.2 Å². The summed E-state index contributed by atoms with van der Waals surface area (Å²) in [5.41, 5.74) is 3.93. The van der Waals surface area contributed by atoms with Gasteiger partial charge in [0, 0.05) is 40.5 Å². The lowest BCUT2D eigenvalue weighted by Crippen LogP contribution is -2.35. The monoisotopic (exact) mass is 379 g/mol. The van der Waals surface area contributed by atoms with E-state index in [-0.39, 0.29) is 0 Å². The van der Waals surface area contributed by atoms with Crippen LogP contribution in [0.4, 0.5) is 0 Å². The second kappa shape index (κ2) is 7.80. The summed E-state index contributed by atoms with van der Waals surface area (Å²) in [4.78, 5) is 0. The molecule has 2 aromatic heterocycles. The molecule has 0 saturated carbocycles. The van der Waals surface area contributed by atoms with Crippen molar-refractivity contribution in [2.75, 3.05) is 0 Å². The van der Waals surface area contributed by atoms with Crippen molar-refractivity contribution in [1.29, 1.82) is 0 Å². The third-order valence-electron chi connectivity index (χ3n) is 5.39. The number of nitrogens with zero attached hydrogens (tertiary/aromatic N) is 2. The molecule has 5 rings (SSSR count). The lowest BCUT2D eigenvalue weighted by molar-refractivity contribution is -0.724. The molecule has 0 amide bonds. The van der Waals surface area contributed by atoms with E-state index < -0.39 is 0 Å². The molecular formula is C26H23N2O+. The third kappa shape index (κ3) is 3.59. The summed E-state index contributed by atoms with van der Waals surface area (Å²) in [6.07, 6.45) is 5.16. The summed E-state index contributed by atoms with van der Waals surface area (Å²) >= 11 is 0. The molecule has 0 radical (unpaired) electrons. The van der Waals surface area contributed by atoms with Crippen LogP contribution in [0.25, 0.3) is 21.8 Å². The van der Waals surface area contributed by atoms with Crippen molar-refractivity contribution in [3.63, 3.8) is 0 Å². The molecule has 3 aromatic carbocycles. The zero-order valence-electron chi connectivity index (χ0n) is 16.2. The fourth-order valence-corrected chi connectivity index (χ4v) is 3.89. The molecule has 5 aromatic rings. The van der Waals surface area contributed by atoms with Gasteiger partial charge in [-0.25, -0.2) is 0 Å². The highest BCUT2D eigenvalue weighted by atomic mass is 16.5. The van der Waals surface area contributed by atoms with E-state index >= 15 is 0 Å². The van der Waals surface area contributed by atoms with Gasteiger partial charge in [0.2, 0.25) is 0 Å². The van der Waals surface area contributed by atoms with Gasteiger partial charge in [-0.2, -0.15) is 4.57 Å². The van der Waals surface area contributed by atoms with Crippen LogP contribution in [0.3, 0.4) is 0 Å².